The fraction of sp³-hybridized carbons (Fsp3) is 0.417. The number of aryl methyl sites for hydroxylation is 1. The van der Waals surface area contributed by atoms with Gasteiger partial charge in [0.25, 0.3) is 5.69 Å². The molecule has 0 aliphatic carbocycles. The van der Waals surface area contributed by atoms with Crippen LogP contribution in [0.2, 0.25) is 0 Å². The van der Waals surface area contributed by atoms with Crippen LogP contribution in [0.1, 0.15) is 18.1 Å². The summed E-state index contributed by atoms with van der Waals surface area (Å²) < 4.78 is 4.78. The smallest absolute Gasteiger partial charge is 0.323 e. The molecule has 0 radical (unpaired) electrons. The molecule has 0 saturated heterocycles. The zero-order valence-electron chi connectivity index (χ0n) is 10.4. The van der Waals surface area contributed by atoms with Crippen molar-refractivity contribution in [1.29, 1.82) is 0 Å². The molecule has 6 nitrogen and oxygen atoms in total. The van der Waals surface area contributed by atoms with Crippen molar-refractivity contribution in [2.24, 2.45) is 5.73 Å². The maximum Gasteiger partial charge on any atom is 0.323 e. The number of nitro benzene ring substituents is 1. The van der Waals surface area contributed by atoms with E-state index in [1.807, 2.05) is 0 Å². The van der Waals surface area contributed by atoms with Crippen molar-refractivity contribution in [1.82, 2.24) is 0 Å². The highest BCUT2D eigenvalue weighted by molar-refractivity contribution is 5.75. The van der Waals surface area contributed by atoms with Gasteiger partial charge in [-0.15, -0.1) is 0 Å². The number of benzene rings is 1. The van der Waals surface area contributed by atoms with E-state index in [-0.39, 0.29) is 18.7 Å². The Balaban J connectivity index is 2.82. The number of carbonyl (C=O) groups excluding carboxylic acids is 1. The SMILES string of the molecule is CCOC(=O)C(N)Cc1ccc(C)c([N+](=O)[O-])c1. The van der Waals surface area contributed by atoms with E-state index in [1.54, 1.807) is 26.0 Å². The predicted octanol–water partition coefficient (Wildman–Crippen LogP) is 1.34. The molecule has 0 bridgehead atoms. The molecule has 6 heteroatoms. The Morgan fingerprint density at radius 3 is 2.78 bits per heavy atom. The zero-order valence-corrected chi connectivity index (χ0v) is 10.4. The van der Waals surface area contributed by atoms with Gasteiger partial charge < -0.3 is 10.5 Å². The summed E-state index contributed by atoms with van der Waals surface area (Å²) in [7, 11) is 0. The van der Waals surface area contributed by atoms with E-state index < -0.39 is 16.9 Å². The second-order valence-corrected chi connectivity index (χ2v) is 3.94. The van der Waals surface area contributed by atoms with Crippen LogP contribution in [0.4, 0.5) is 5.69 Å². The Hall–Kier alpha value is -1.95. The van der Waals surface area contributed by atoms with Crippen LogP contribution >= 0.6 is 0 Å². The first-order valence-electron chi connectivity index (χ1n) is 5.61. The Bertz CT molecular complexity index is 459. The van der Waals surface area contributed by atoms with E-state index in [4.69, 9.17) is 10.5 Å². The van der Waals surface area contributed by atoms with Crippen molar-refractivity contribution in [3.63, 3.8) is 0 Å². The number of nitrogens with zero attached hydrogens (tertiary/aromatic N) is 1. The van der Waals surface area contributed by atoms with Crippen LogP contribution in [-0.2, 0) is 16.0 Å². The number of nitrogens with two attached hydrogens (primary N) is 1. The predicted molar refractivity (Wildman–Crippen MR) is 66.1 cm³/mol. The molecule has 98 valence electrons. The summed E-state index contributed by atoms with van der Waals surface area (Å²) in [6.07, 6.45) is 0.222. The molecule has 0 aliphatic rings. The Labute approximate surface area is 105 Å². The minimum absolute atomic E-state index is 0.0311. The lowest BCUT2D eigenvalue weighted by Gasteiger charge is -2.10. The van der Waals surface area contributed by atoms with Gasteiger partial charge in [-0.3, -0.25) is 14.9 Å². The van der Waals surface area contributed by atoms with Gasteiger partial charge >= 0.3 is 5.97 Å². The van der Waals surface area contributed by atoms with Crippen molar-refractivity contribution < 1.29 is 14.5 Å². The third-order valence-corrected chi connectivity index (χ3v) is 2.52. The second kappa shape index (κ2) is 6.11. The van der Waals surface area contributed by atoms with Gasteiger partial charge in [-0.1, -0.05) is 12.1 Å². The highest BCUT2D eigenvalue weighted by Crippen LogP contribution is 2.20. The summed E-state index contributed by atoms with van der Waals surface area (Å²) in [5.74, 6) is -0.499. The maximum absolute atomic E-state index is 11.4. The molecule has 1 unspecified atom stereocenters. The molecule has 1 aromatic rings. The molecule has 0 spiro atoms. The molecule has 0 saturated carbocycles. The molecule has 1 atom stereocenters. The van der Waals surface area contributed by atoms with E-state index in [9.17, 15) is 14.9 Å². The third-order valence-electron chi connectivity index (χ3n) is 2.52. The van der Waals surface area contributed by atoms with Gasteiger partial charge in [-0.25, -0.2) is 0 Å². The van der Waals surface area contributed by atoms with Crippen LogP contribution in [-0.4, -0.2) is 23.5 Å². The number of carbonyl (C=O) groups is 1. The normalized spacial score (nSPS) is 11.9. The van der Waals surface area contributed by atoms with Gasteiger partial charge in [0.2, 0.25) is 0 Å². The van der Waals surface area contributed by atoms with E-state index in [1.165, 1.54) is 6.07 Å². The van der Waals surface area contributed by atoms with Gasteiger partial charge in [-0.2, -0.15) is 0 Å². The largest absolute Gasteiger partial charge is 0.465 e. The van der Waals surface area contributed by atoms with Gasteiger partial charge in [0.05, 0.1) is 11.5 Å². The topological polar surface area (TPSA) is 95.5 Å². The average Bonchev–Trinajstić information content (AvgIpc) is 2.31. The number of hydrogen-bond acceptors (Lipinski definition) is 5. The van der Waals surface area contributed by atoms with Crippen LogP contribution < -0.4 is 5.73 Å². The molecule has 2 N–H and O–H groups in total. The minimum atomic E-state index is -0.799. The standard InChI is InChI=1S/C12H16N2O4/c1-3-18-12(15)10(13)6-9-5-4-8(2)11(7-9)14(16)17/h4-5,7,10H,3,6,13H2,1-2H3. The summed E-state index contributed by atoms with van der Waals surface area (Å²) in [6.45, 7) is 3.62. The molecular weight excluding hydrogens is 236 g/mol. The lowest BCUT2D eigenvalue weighted by Crippen LogP contribution is -2.34. The van der Waals surface area contributed by atoms with Crippen LogP contribution in [0, 0.1) is 17.0 Å². The van der Waals surface area contributed by atoms with Crippen LogP contribution in [0.3, 0.4) is 0 Å². The molecular formula is C12H16N2O4. The summed E-state index contributed by atoms with van der Waals surface area (Å²) in [5, 5.41) is 10.8. The second-order valence-electron chi connectivity index (χ2n) is 3.94. The van der Waals surface area contributed by atoms with Gasteiger partial charge in [0, 0.05) is 11.6 Å². The average molecular weight is 252 g/mol. The molecule has 1 rings (SSSR count). The first kappa shape index (κ1) is 14.1. The van der Waals surface area contributed by atoms with Crippen LogP contribution in [0.25, 0.3) is 0 Å². The molecule has 0 fully saturated rings. The molecule has 0 aliphatic heterocycles. The zero-order chi connectivity index (χ0) is 13.7. The summed E-state index contributed by atoms with van der Waals surface area (Å²) in [6, 6.07) is 4.01. The number of ether oxygens (including phenoxy) is 1. The van der Waals surface area contributed by atoms with Crippen molar-refractivity contribution in [3.8, 4) is 0 Å². The highest BCUT2D eigenvalue weighted by atomic mass is 16.6. The van der Waals surface area contributed by atoms with Crippen molar-refractivity contribution in [2.45, 2.75) is 26.3 Å². The minimum Gasteiger partial charge on any atom is -0.465 e. The monoisotopic (exact) mass is 252 g/mol. The van der Waals surface area contributed by atoms with Crippen molar-refractivity contribution in [2.75, 3.05) is 6.61 Å². The number of rotatable bonds is 5. The first-order valence-corrected chi connectivity index (χ1v) is 5.61. The maximum atomic E-state index is 11.4. The van der Waals surface area contributed by atoms with Gasteiger partial charge in [-0.05, 0) is 25.8 Å². The van der Waals surface area contributed by atoms with Crippen LogP contribution in [0.5, 0.6) is 0 Å². The van der Waals surface area contributed by atoms with E-state index in [0.29, 0.717) is 11.1 Å². The highest BCUT2D eigenvalue weighted by Gasteiger charge is 2.17. The van der Waals surface area contributed by atoms with Gasteiger partial charge in [0.15, 0.2) is 0 Å². The van der Waals surface area contributed by atoms with Crippen molar-refractivity contribution in [3.05, 3.63) is 39.4 Å². The number of nitro groups is 1. The molecule has 18 heavy (non-hydrogen) atoms. The quantitative estimate of drug-likeness (QED) is 0.484. The summed E-state index contributed by atoms with van der Waals surface area (Å²) >= 11 is 0. The Morgan fingerprint density at radius 2 is 2.22 bits per heavy atom. The van der Waals surface area contributed by atoms with Crippen molar-refractivity contribution >= 4 is 11.7 Å². The van der Waals surface area contributed by atoms with E-state index in [2.05, 4.69) is 0 Å². The van der Waals surface area contributed by atoms with Crippen LogP contribution in [0.15, 0.2) is 18.2 Å². The summed E-state index contributed by atoms with van der Waals surface area (Å²) in [5.41, 5.74) is 6.91. The number of hydrogen-bond donors (Lipinski definition) is 1. The summed E-state index contributed by atoms with van der Waals surface area (Å²) in [4.78, 5) is 21.7. The lowest BCUT2D eigenvalue weighted by atomic mass is 10.0. The number of esters is 1. The molecule has 0 amide bonds. The fourth-order valence-electron chi connectivity index (χ4n) is 1.57. The van der Waals surface area contributed by atoms with E-state index in [0.717, 1.165) is 0 Å². The third kappa shape index (κ3) is 3.53. The first-order chi connectivity index (χ1) is 8.45. The fourth-order valence-corrected chi connectivity index (χ4v) is 1.57. The Morgan fingerprint density at radius 1 is 1.56 bits per heavy atom. The Kier molecular flexibility index (Phi) is 4.79. The molecule has 0 heterocycles. The lowest BCUT2D eigenvalue weighted by molar-refractivity contribution is -0.385. The van der Waals surface area contributed by atoms with E-state index >= 15 is 0 Å². The molecule has 1 aromatic carbocycles. The molecule has 0 aromatic heterocycles. The van der Waals surface area contributed by atoms with Gasteiger partial charge in [0.1, 0.15) is 6.04 Å².